The van der Waals surface area contributed by atoms with E-state index in [1.165, 1.54) is 17.4 Å². The lowest BCUT2D eigenvalue weighted by atomic mass is 10.2. The first kappa shape index (κ1) is 15.6. The van der Waals surface area contributed by atoms with E-state index in [-0.39, 0.29) is 17.2 Å². The number of anilines is 1. The summed E-state index contributed by atoms with van der Waals surface area (Å²) in [4.78, 5) is 20.5. The minimum atomic E-state index is -3.26. The van der Waals surface area contributed by atoms with Crippen LogP contribution >= 0.6 is 11.3 Å². The van der Waals surface area contributed by atoms with E-state index in [0.29, 0.717) is 15.3 Å². The third-order valence-corrected chi connectivity index (χ3v) is 5.17. The van der Waals surface area contributed by atoms with Gasteiger partial charge in [-0.25, -0.2) is 13.4 Å². The minimum absolute atomic E-state index is 0.194. The van der Waals surface area contributed by atoms with Crippen molar-refractivity contribution in [3.05, 3.63) is 48.3 Å². The van der Waals surface area contributed by atoms with Gasteiger partial charge in [-0.2, -0.15) is 0 Å². The molecule has 23 heavy (non-hydrogen) atoms. The zero-order chi connectivity index (χ0) is 16.4. The van der Waals surface area contributed by atoms with Crippen LogP contribution in [0.3, 0.4) is 0 Å². The number of benzene rings is 1. The van der Waals surface area contributed by atoms with E-state index in [0.717, 1.165) is 11.8 Å². The summed E-state index contributed by atoms with van der Waals surface area (Å²) >= 11 is 1.24. The molecule has 0 aliphatic carbocycles. The van der Waals surface area contributed by atoms with Gasteiger partial charge in [0.25, 0.3) is 0 Å². The SMILES string of the molecule is CS(=O)(=O)c1ccc2nc(NC(=O)Cc3cccnc3)sc2c1. The van der Waals surface area contributed by atoms with Crippen LogP contribution < -0.4 is 5.32 Å². The molecule has 0 aliphatic heterocycles. The number of aromatic nitrogens is 2. The molecule has 0 unspecified atom stereocenters. The van der Waals surface area contributed by atoms with E-state index in [4.69, 9.17) is 0 Å². The first-order chi connectivity index (χ1) is 10.9. The molecule has 0 atom stereocenters. The van der Waals surface area contributed by atoms with Crippen molar-refractivity contribution in [2.24, 2.45) is 0 Å². The number of hydrogen-bond donors (Lipinski definition) is 1. The maximum Gasteiger partial charge on any atom is 0.230 e. The molecule has 0 fully saturated rings. The van der Waals surface area contributed by atoms with E-state index >= 15 is 0 Å². The van der Waals surface area contributed by atoms with Crippen LogP contribution in [0.2, 0.25) is 0 Å². The number of carbonyl (C=O) groups is 1. The van der Waals surface area contributed by atoms with E-state index in [1.54, 1.807) is 30.6 Å². The van der Waals surface area contributed by atoms with Gasteiger partial charge < -0.3 is 5.32 Å². The molecule has 0 bridgehead atoms. The third kappa shape index (κ3) is 3.72. The second-order valence-corrected chi connectivity index (χ2v) is 8.05. The predicted molar refractivity (Wildman–Crippen MR) is 89.3 cm³/mol. The van der Waals surface area contributed by atoms with Gasteiger partial charge in [-0.3, -0.25) is 9.78 Å². The number of hydrogen-bond acceptors (Lipinski definition) is 6. The van der Waals surface area contributed by atoms with Crippen molar-refractivity contribution in [1.82, 2.24) is 9.97 Å². The summed E-state index contributed by atoms with van der Waals surface area (Å²) in [6.45, 7) is 0. The third-order valence-electron chi connectivity index (χ3n) is 3.12. The van der Waals surface area contributed by atoms with Crippen molar-refractivity contribution >= 4 is 42.4 Å². The molecular formula is C15H13N3O3S2. The lowest BCUT2D eigenvalue weighted by Crippen LogP contribution is -2.14. The smallest absolute Gasteiger partial charge is 0.230 e. The molecule has 2 aromatic heterocycles. The van der Waals surface area contributed by atoms with Gasteiger partial charge in [0.15, 0.2) is 15.0 Å². The Hall–Kier alpha value is -2.32. The van der Waals surface area contributed by atoms with Crippen molar-refractivity contribution in [2.45, 2.75) is 11.3 Å². The average molecular weight is 347 g/mol. The highest BCUT2D eigenvalue weighted by Crippen LogP contribution is 2.28. The molecule has 3 rings (SSSR count). The van der Waals surface area contributed by atoms with Gasteiger partial charge in [-0.05, 0) is 29.8 Å². The van der Waals surface area contributed by atoms with E-state index in [1.807, 2.05) is 6.07 Å². The average Bonchev–Trinajstić information content (AvgIpc) is 2.88. The Morgan fingerprint density at radius 3 is 2.83 bits per heavy atom. The van der Waals surface area contributed by atoms with Gasteiger partial charge in [-0.1, -0.05) is 17.4 Å². The van der Waals surface area contributed by atoms with Crippen LogP contribution in [-0.2, 0) is 21.1 Å². The molecule has 0 aliphatic rings. The first-order valence-corrected chi connectivity index (χ1v) is 9.42. The maximum absolute atomic E-state index is 12.0. The van der Waals surface area contributed by atoms with Crippen molar-refractivity contribution in [3.8, 4) is 0 Å². The van der Waals surface area contributed by atoms with Gasteiger partial charge >= 0.3 is 0 Å². The Labute approximate surface area is 137 Å². The minimum Gasteiger partial charge on any atom is -0.302 e. The number of nitrogens with zero attached hydrogens (tertiary/aromatic N) is 2. The lowest BCUT2D eigenvalue weighted by Gasteiger charge is -2.00. The summed E-state index contributed by atoms with van der Waals surface area (Å²) in [5, 5.41) is 3.17. The molecule has 0 spiro atoms. The summed E-state index contributed by atoms with van der Waals surface area (Å²) in [6, 6.07) is 8.31. The fourth-order valence-corrected chi connectivity index (χ4v) is 3.68. The molecule has 1 aromatic carbocycles. The maximum atomic E-state index is 12.0. The number of thiazole rings is 1. The summed E-state index contributed by atoms with van der Waals surface area (Å²) in [6.07, 6.45) is 4.65. The Kier molecular flexibility index (Phi) is 4.10. The van der Waals surface area contributed by atoms with E-state index < -0.39 is 9.84 Å². The zero-order valence-electron chi connectivity index (χ0n) is 12.2. The summed E-state index contributed by atoms with van der Waals surface area (Å²) in [5.74, 6) is -0.194. The van der Waals surface area contributed by atoms with E-state index in [2.05, 4.69) is 15.3 Å². The molecular weight excluding hydrogens is 334 g/mol. The molecule has 2 heterocycles. The highest BCUT2D eigenvalue weighted by molar-refractivity contribution is 7.90. The molecule has 1 N–H and O–H groups in total. The number of sulfone groups is 1. The molecule has 118 valence electrons. The number of rotatable bonds is 4. The van der Waals surface area contributed by atoms with Gasteiger partial charge in [0.2, 0.25) is 5.91 Å². The molecule has 6 nitrogen and oxygen atoms in total. The number of fused-ring (bicyclic) bond motifs is 1. The normalized spacial score (nSPS) is 11.5. The highest BCUT2D eigenvalue weighted by Gasteiger charge is 2.12. The second-order valence-electron chi connectivity index (χ2n) is 5.01. The molecule has 0 saturated heterocycles. The van der Waals surface area contributed by atoms with Crippen LogP contribution in [0.5, 0.6) is 0 Å². The van der Waals surface area contributed by atoms with Crippen LogP contribution in [0.25, 0.3) is 10.2 Å². The number of carbonyl (C=O) groups excluding carboxylic acids is 1. The lowest BCUT2D eigenvalue weighted by molar-refractivity contribution is -0.115. The van der Waals surface area contributed by atoms with Crippen LogP contribution in [0, 0.1) is 0 Å². The van der Waals surface area contributed by atoms with Crippen molar-refractivity contribution < 1.29 is 13.2 Å². The number of nitrogens with one attached hydrogen (secondary N) is 1. The summed E-state index contributed by atoms with van der Waals surface area (Å²) in [5.41, 5.74) is 1.46. The first-order valence-electron chi connectivity index (χ1n) is 6.71. The monoisotopic (exact) mass is 347 g/mol. The van der Waals surface area contributed by atoms with Crippen LogP contribution in [0.1, 0.15) is 5.56 Å². The zero-order valence-corrected chi connectivity index (χ0v) is 13.8. The van der Waals surface area contributed by atoms with Gasteiger partial charge in [0.05, 0.1) is 21.5 Å². The van der Waals surface area contributed by atoms with Crippen molar-refractivity contribution in [3.63, 3.8) is 0 Å². The van der Waals surface area contributed by atoms with Gasteiger partial charge in [0.1, 0.15) is 0 Å². The van der Waals surface area contributed by atoms with Crippen LogP contribution in [0.15, 0.2) is 47.6 Å². The predicted octanol–water partition coefficient (Wildman–Crippen LogP) is 2.28. The highest BCUT2D eigenvalue weighted by atomic mass is 32.2. The van der Waals surface area contributed by atoms with Crippen LogP contribution in [-0.4, -0.2) is 30.5 Å². The second kappa shape index (κ2) is 6.05. The van der Waals surface area contributed by atoms with Crippen molar-refractivity contribution in [2.75, 3.05) is 11.6 Å². The Balaban J connectivity index is 1.79. The number of pyridine rings is 1. The molecule has 0 saturated carbocycles. The summed E-state index contributed by atoms with van der Waals surface area (Å²) < 4.78 is 23.9. The summed E-state index contributed by atoms with van der Waals surface area (Å²) in [7, 11) is -3.26. The standard InChI is InChI=1S/C15H13N3O3S2/c1-23(20,21)11-4-5-12-13(8-11)22-15(17-12)18-14(19)7-10-3-2-6-16-9-10/h2-6,8-9H,7H2,1H3,(H,17,18,19). The molecule has 3 aromatic rings. The Morgan fingerprint density at radius 1 is 1.30 bits per heavy atom. The Morgan fingerprint density at radius 2 is 2.13 bits per heavy atom. The fourth-order valence-electron chi connectivity index (χ4n) is 2.04. The molecule has 1 amide bonds. The van der Waals surface area contributed by atoms with Gasteiger partial charge in [-0.15, -0.1) is 0 Å². The fraction of sp³-hybridized carbons (Fsp3) is 0.133. The topological polar surface area (TPSA) is 89.0 Å². The van der Waals surface area contributed by atoms with E-state index in [9.17, 15) is 13.2 Å². The van der Waals surface area contributed by atoms with Crippen molar-refractivity contribution in [1.29, 1.82) is 0 Å². The molecule has 8 heteroatoms. The van der Waals surface area contributed by atoms with Gasteiger partial charge in [0, 0.05) is 18.6 Å². The van der Waals surface area contributed by atoms with Crippen LogP contribution in [0.4, 0.5) is 5.13 Å². The Bertz CT molecular complexity index is 966. The quantitative estimate of drug-likeness (QED) is 0.782. The molecule has 0 radical (unpaired) electrons. The number of amides is 1. The largest absolute Gasteiger partial charge is 0.302 e.